The summed E-state index contributed by atoms with van der Waals surface area (Å²) in [4.78, 5) is 17.4. The van der Waals surface area contributed by atoms with E-state index in [4.69, 9.17) is 0 Å². The Balaban J connectivity index is 1.64. The maximum Gasteiger partial charge on any atom is 0.176 e. The Bertz CT molecular complexity index is 488. The summed E-state index contributed by atoms with van der Waals surface area (Å²) < 4.78 is 1.17. The van der Waals surface area contributed by atoms with E-state index in [1.807, 2.05) is 24.3 Å². The second-order valence-corrected chi connectivity index (χ2v) is 7.25. The molecule has 0 saturated carbocycles. The van der Waals surface area contributed by atoms with E-state index in [2.05, 4.69) is 39.3 Å². The zero-order valence-corrected chi connectivity index (χ0v) is 14.0. The Morgan fingerprint density at radius 1 is 1.30 bits per heavy atom. The van der Waals surface area contributed by atoms with Crippen molar-refractivity contribution in [3.05, 3.63) is 33.4 Å². The van der Waals surface area contributed by atoms with E-state index in [-0.39, 0.29) is 5.78 Å². The molecule has 0 radical (unpaired) electrons. The fourth-order valence-corrected chi connectivity index (χ4v) is 3.74. The largest absolute Gasteiger partial charge is 0.298 e. The topological polar surface area (TPSA) is 23.6 Å². The van der Waals surface area contributed by atoms with Gasteiger partial charge in [-0.3, -0.25) is 14.6 Å². The summed E-state index contributed by atoms with van der Waals surface area (Å²) in [6.07, 6.45) is 2.61. The molecule has 4 heteroatoms. The minimum Gasteiger partial charge on any atom is -0.298 e. The van der Waals surface area contributed by atoms with E-state index in [0.29, 0.717) is 18.6 Å². The van der Waals surface area contributed by atoms with Crippen LogP contribution in [0.15, 0.2) is 24.3 Å². The molecule has 0 bridgehead atoms. The van der Waals surface area contributed by atoms with Gasteiger partial charge in [-0.1, -0.05) is 12.1 Å². The lowest BCUT2D eigenvalue weighted by Gasteiger charge is -2.42. The van der Waals surface area contributed by atoms with Crippen molar-refractivity contribution in [2.24, 2.45) is 0 Å². The van der Waals surface area contributed by atoms with Crippen LogP contribution in [0.4, 0.5) is 0 Å². The smallest absolute Gasteiger partial charge is 0.176 e. The molecule has 0 N–H and O–H groups in total. The number of carbonyl (C=O) groups is 1. The van der Waals surface area contributed by atoms with E-state index in [1.54, 1.807) is 0 Å². The highest BCUT2D eigenvalue weighted by atomic mass is 127. The van der Waals surface area contributed by atoms with Crippen molar-refractivity contribution < 1.29 is 4.79 Å². The van der Waals surface area contributed by atoms with Crippen molar-refractivity contribution >= 4 is 28.4 Å². The first-order valence-electron chi connectivity index (χ1n) is 7.40. The van der Waals surface area contributed by atoms with Gasteiger partial charge in [-0.15, -0.1) is 0 Å². The molecule has 2 aliphatic rings. The van der Waals surface area contributed by atoms with Gasteiger partial charge in [-0.2, -0.15) is 0 Å². The van der Waals surface area contributed by atoms with Crippen LogP contribution in [0.1, 0.15) is 30.1 Å². The number of ketones is 1. The number of nitrogens with zero attached hydrogens (tertiary/aromatic N) is 2. The Morgan fingerprint density at radius 2 is 2.05 bits per heavy atom. The zero-order valence-electron chi connectivity index (χ0n) is 11.9. The average molecular weight is 384 g/mol. The van der Waals surface area contributed by atoms with Crippen LogP contribution in [-0.4, -0.2) is 53.8 Å². The van der Waals surface area contributed by atoms with Gasteiger partial charge in [0.1, 0.15) is 0 Å². The Kier molecular flexibility index (Phi) is 4.43. The third kappa shape index (κ3) is 3.07. The number of fused-ring (bicyclic) bond motifs is 1. The quantitative estimate of drug-likeness (QED) is 0.592. The fourth-order valence-electron chi connectivity index (χ4n) is 3.38. The van der Waals surface area contributed by atoms with Gasteiger partial charge < -0.3 is 0 Å². The van der Waals surface area contributed by atoms with E-state index >= 15 is 0 Å². The number of carbonyl (C=O) groups excluding carboxylic acids is 1. The summed E-state index contributed by atoms with van der Waals surface area (Å²) in [5.41, 5.74) is 0.839. The highest BCUT2D eigenvalue weighted by molar-refractivity contribution is 14.1. The van der Waals surface area contributed by atoms with Crippen LogP contribution in [0.25, 0.3) is 0 Å². The molecular weight excluding hydrogens is 363 g/mol. The SMILES string of the molecule is CC1CN2CCCC2CN1CC(=O)c1ccc(I)cc1. The molecule has 108 valence electrons. The molecule has 0 aromatic heterocycles. The third-order valence-electron chi connectivity index (χ3n) is 4.58. The van der Waals surface area contributed by atoms with Gasteiger partial charge in [0.2, 0.25) is 0 Å². The molecule has 2 atom stereocenters. The molecule has 2 unspecified atom stereocenters. The van der Waals surface area contributed by atoms with Crippen molar-refractivity contribution in [1.82, 2.24) is 9.80 Å². The number of hydrogen-bond acceptors (Lipinski definition) is 3. The molecule has 0 aliphatic carbocycles. The second kappa shape index (κ2) is 6.12. The summed E-state index contributed by atoms with van der Waals surface area (Å²) in [6, 6.07) is 9.06. The van der Waals surface area contributed by atoms with Crippen LogP contribution in [0, 0.1) is 3.57 Å². The molecule has 2 heterocycles. The van der Waals surface area contributed by atoms with Crippen LogP contribution in [-0.2, 0) is 0 Å². The van der Waals surface area contributed by atoms with Crippen molar-refractivity contribution in [3.63, 3.8) is 0 Å². The molecule has 1 aromatic carbocycles. The molecule has 2 fully saturated rings. The Hall–Kier alpha value is -0.460. The maximum atomic E-state index is 12.4. The van der Waals surface area contributed by atoms with Crippen LogP contribution < -0.4 is 0 Å². The zero-order chi connectivity index (χ0) is 14.1. The van der Waals surface area contributed by atoms with Crippen LogP contribution in [0.3, 0.4) is 0 Å². The third-order valence-corrected chi connectivity index (χ3v) is 5.30. The number of halogens is 1. The highest BCUT2D eigenvalue weighted by Crippen LogP contribution is 2.24. The normalized spacial score (nSPS) is 27.5. The summed E-state index contributed by atoms with van der Waals surface area (Å²) in [7, 11) is 0. The molecule has 0 spiro atoms. The number of Topliss-reactive ketones (excluding diaryl/α,β-unsaturated/α-hetero) is 1. The number of hydrogen-bond donors (Lipinski definition) is 0. The first-order valence-corrected chi connectivity index (χ1v) is 8.48. The van der Waals surface area contributed by atoms with Gasteiger partial charge in [-0.05, 0) is 61.0 Å². The Morgan fingerprint density at radius 3 is 2.80 bits per heavy atom. The van der Waals surface area contributed by atoms with Gasteiger partial charge in [-0.25, -0.2) is 0 Å². The van der Waals surface area contributed by atoms with Gasteiger partial charge >= 0.3 is 0 Å². The number of benzene rings is 1. The van der Waals surface area contributed by atoms with Crippen LogP contribution in [0.2, 0.25) is 0 Å². The standard InChI is InChI=1S/C16H21IN2O/c1-12-9-18-8-2-3-15(18)10-19(12)11-16(20)13-4-6-14(17)7-5-13/h4-7,12,15H,2-3,8-11H2,1H3. The van der Waals surface area contributed by atoms with Crippen LogP contribution in [0.5, 0.6) is 0 Å². The molecule has 0 amide bonds. The molecule has 2 saturated heterocycles. The van der Waals surface area contributed by atoms with Crippen molar-refractivity contribution in [2.45, 2.75) is 31.8 Å². The lowest BCUT2D eigenvalue weighted by Crippen LogP contribution is -2.55. The molecule has 2 aliphatic heterocycles. The monoisotopic (exact) mass is 384 g/mol. The Labute approximate surface area is 134 Å². The molecule has 20 heavy (non-hydrogen) atoms. The van der Waals surface area contributed by atoms with Gasteiger partial charge in [0.25, 0.3) is 0 Å². The van der Waals surface area contributed by atoms with Gasteiger partial charge in [0, 0.05) is 34.3 Å². The summed E-state index contributed by atoms with van der Waals surface area (Å²) in [5, 5.41) is 0. The summed E-state index contributed by atoms with van der Waals surface area (Å²) >= 11 is 2.27. The molecular formula is C16H21IN2O. The van der Waals surface area contributed by atoms with Crippen LogP contribution >= 0.6 is 22.6 Å². The minimum atomic E-state index is 0.250. The molecule has 3 nitrogen and oxygen atoms in total. The first-order chi connectivity index (χ1) is 9.63. The second-order valence-electron chi connectivity index (χ2n) is 6.00. The average Bonchev–Trinajstić information content (AvgIpc) is 2.87. The summed E-state index contributed by atoms with van der Waals surface area (Å²) in [5.74, 6) is 0.250. The molecule has 3 rings (SSSR count). The van der Waals surface area contributed by atoms with Crippen molar-refractivity contribution in [1.29, 1.82) is 0 Å². The van der Waals surface area contributed by atoms with E-state index in [9.17, 15) is 4.79 Å². The van der Waals surface area contributed by atoms with E-state index in [1.165, 1.54) is 23.0 Å². The van der Waals surface area contributed by atoms with E-state index < -0.39 is 0 Å². The first kappa shape index (κ1) is 14.5. The van der Waals surface area contributed by atoms with Gasteiger partial charge in [0.05, 0.1) is 6.54 Å². The number of rotatable bonds is 3. The number of piperazine rings is 1. The van der Waals surface area contributed by atoms with Crippen molar-refractivity contribution in [2.75, 3.05) is 26.2 Å². The van der Waals surface area contributed by atoms with Crippen molar-refractivity contribution in [3.8, 4) is 0 Å². The minimum absolute atomic E-state index is 0.250. The fraction of sp³-hybridized carbons (Fsp3) is 0.562. The predicted octanol–water partition coefficient (Wildman–Crippen LogP) is 2.64. The highest BCUT2D eigenvalue weighted by Gasteiger charge is 2.34. The summed E-state index contributed by atoms with van der Waals surface area (Å²) in [6.45, 7) is 6.22. The lowest BCUT2D eigenvalue weighted by atomic mass is 10.1. The van der Waals surface area contributed by atoms with Gasteiger partial charge in [0.15, 0.2) is 5.78 Å². The lowest BCUT2D eigenvalue weighted by molar-refractivity contribution is 0.0535. The molecule has 1 aromatic rings. The van der Waals surface area contributed by atoms with E-state index in [0.717, 1.165) is 18.7 Å². The maximum absolute atomic E-state index is 12.4. The predicted molar refractivity (Wildman–Crippen MR) is 89.1 cm³/mol.